The van der Waals surface area contributed by atoms with Gasteiger partial charge in [0.1, 0.15) is 0 Å². The Bertz CT molecular complexity index is 1040. The van der Waals surface area contributed by atoms with Gasteiger partial charge < -0.3 is 15.1 Å². The van der Waals surface area contributed by atoms with Crippen molar-refractivity contribution in [3.8, 4) is 6.07 Å². The molecule has 2 N–H and O–H groups in total. The number of carboxylic acids is 1. The van der Waals surface area contributed by atoms with Crippen molar-refractivity contribution in [2.45, 2.75) is 46.9 Å². The number of rotatable bonds is 7. The van der Waals surface area contributed by atoms with Crippen LogP contribution in [0.25, 0.3) is 0 Å². The Morgan fingerprint density at radius 3 is 2.71 bits per heavy atom. The lowest BCUT2D eigenvalue weighted by atomic mass is 9.91. The Labute approximate surface area is 188 Å². The van der Waals surface area contributed by atoms with Crippen molar-refractivity contribution in [3.63, 3.8) is 0 Å². The number of carbonyl (C=O) groups excluding carboxylic acids is 1. The van der Waals surface area contributed by atoms with Gasteiger partial charge in [-0.3, -0.25) is 4.79 Å². The lowest BCUT2D eigenvalue weighted by molar-refractivity contribution is -0.688. The molecule has 0 spiro atoms. The normalized spacial score (nSPS) is 25.5. The van der Waals surface area contributed by atoms with Crippen LogP contribution in [0.5, 0.6) is 0 Å². The number of β-lactam (4-membered cyclic amide) rings is 1. The first kappa shape index (κ1) is 21.7. The molecule has 0 bridgehead atoms. The van der Waals surface area contributed by atoms with Crippen LogP contribution in [0.4, 0.5) is 0 Å². The van der Waals surface area contributed by atoms with E-state index < -0.39 is 24.0 Å². The van der Waals surface area contributed by atoms with Crippen molar-refractivity contribution in [2.24, 2.45) is 5.92 Å². The number of thioether (sulfide) groups is 2. The van der Waals surface area contributed by atoms with Crippen molar-refractivity contribution in [1.29, 1.82) is 5.26 Å². The SMILES string of the molecule is C[C@@H](O)[C@H]1C(=O)N2C(C(=O)O)C(Sc3ccc(C[n+]4cccc(CC#N)c4)cc3)S[C@H]12. The maximum Gasteiger partial charge on any atom is 0.328 e. The molecule has 4 rings (SSSR count). The predicted octanol–water partition coefficient (Wildman–Crippen LogP) is 1.87. The van der Waals surface area contributed by atoms with Gasteiger partial charge in [0.25, 0.3) is 0 Å². The Balaban J connectivity index is 1.44. The number of carboxylic acid groups (broad SMARTS) is 1. The van der Waals surface area contributed by atoms with Crippen molar-refractivity contribution in [2.75, 3.05) is 0 Å². The molecular formula is C22H22N3O4S2+. The number of pyridine rings is 1. The van der Waals surface area contributed by atoms with E-state index in [9.17, 15) is 19.8 Å². The zero-order valence-corrected chi connectivity index (χ0v) is 18.4. The Hall–Kier alpha value is -2.54. The molecule has 2 saturated heterocycles. The summed E-state index contributed by atoms with van der Waals surface area (Å²) in [4.78, 5) is 26.5. The monoisotopic (exact) mass is 456 g/mol. The summed E-state index contributed by atoms with van der Waals surface area (Å²) in [6.07, 6.45) is 3.49. The molecule has 1 aromatic heterocycles. The van der Waals surface area contributed by atoms with E-state index in [-0.39, 0.29) is 15.9 Å². The molecule has 1 amide bonds. The van der Waals surface area contributed by atoms with Gasteiger partial charge in [0.15, 0.2) is 25.0 Å². The van der Waals surface area contributed by atoms with E-state index in [1.165, 1.54) is 28.4 Å². The van der Waals surface area contributed by atoms with Gasteiger partial charge in [0, 0.05) is 22.1 Å². The molecule has 1 aromatic carbocycles. The summed E-state index contributed by atoms with van der Waals surface area (Å²) in [5.74, 6) is -1.84. The van der Waals surface area contributed by atoms with Crippen LogP contribution in [0, 0.1) is 17.2 Å². The second kappa shape index (κ2) is 8.91. The molecule has 7 nitrogen and oxygen atoms in total. The summed E-state index contributed by atoms with van der Waals surface area (Å²) in [6.45, 7) is 2.24. The van der Waals surface area contributed by atoms with E-state index in [4.69, 9.17) is 5.26 Å². The van der Waals surface area contributed by atoms with Crippen molar-refractivity contribution in [3.05, 3.63) is 59.9 Å². The average Bonchev–Trinajstić information content (AvgIpc) is 3.04. The summed E-state index contributed by atoms with van der Waals surface area (Å²) < 4.78 is 1.69. The zero-order chi connectivity index (χ0) is 22.1. The Morgan fingerprint density at radius 2 is 2.06 bits per heavy atom. The number of nitrogens with zero attached hydrogens (tertiary/aromatic N) is 3. The van der Waals surface area contributed by atoms with Crippen LogP contribution in [0.2, 0.25) is 0 Å². The molecule has 0 aliphatic carbocycles. The highest BCUT2D eigenvalue weighted by molar-refractivity contribution is 8.17. The van der Waals surface area contributed by atoms with Crippen LogP contribution < -0.4 is 4.57 Å². The van der Waals surface area contributed by atoms with E-state index in [1.54, 1.807) is 6.92 Å². The van der Waals surface area contributed by atoms with Gasteiger partial charge in [-0.05, 0) is 25.1 Å². The van der Waals surface area contributed by atoms with Gasteiger partial charge in [-0.2, -0.15) is 5.26 Å². The average molecular weight is 457 g/mol. The summed E-state index contributed by atoms with van der Waals surface area (Å²) in [6, 6.07) is 13.0. The number of carbonyl (C=O) groups is 2. The topological polar surface area (TPSA) is 106 Å². The fourth-order valence-corrected chi connectivity index (χ4v) is 7.35. The molecule has 2 fully saturated rings. The molecule has 31 heavy (non-hydrogen) atoms. The second-order valence-electron chi connectivity index (χ2n) is 7.67. The molecule has 2 aromatic rings. The van der Waals surface area contributed by atoms with Crippen LogP contribution >= 0.6 is 23.5 Å². The van der Waals surface area contributed by atoms with Gasteiger partial charge in [0.05, 0.1) is 34.5 Å². The molecule has 0 saturated carbocycles. The molecule has 3 heterocycles. The quantitative estimate of drug-likeness (QED) is 0.484. The minimum atomic E-state index is -1.02. The molecule has 2 unspecified atom stereocenters. The molecular weight excluding hydrogens is 434 g/mol. The third kappa shape index (κ3) is 4.28. The lowest BCUT2D eigenvalue weighted by Crippen LogP contribution is -2.64. The predicted molar refractivity (Wildman–Crippen MR) is 116 cm³/mol. The molecule has 9 heteroatoms. The third-order valence-corrected chi connectivity index (χ3v) is 8.45. The Morgan fingerprint density at radius 1 is 1.32 bits per heavy atom. The first-order valence-electron chi connectivity index (χ1n) is 9.88. The van der Waals surface area contributed by atoms with Crippen LogP contribution in [0.3, 0.4) is 0 Å². The van der Waals surface area contributed by atoms with Crippen LogP contribution in [-0.2, 0) is 22.6 Å². The maximum atomic E-state index is 12.3. The number of benzene rings is 1. The molecule has 5 atom stereocenters. The van der Waals surface area contributed by atoms with E-state index in [2.05, 4.69) is 6.07 Å². The van der Waals surface area contributed by atoms with Gasteiger partial charge in [-0.1, -0.05) is 12.1 Å². The first-order valence-corrected chi connectivity index (χ1v) is 11.7. The maximum absolute atomic E-state index is 12.3. The number of fused-ring (bicyclic) bond motifs is 1. The Kier molecular flexibility index (Phi) is 6.23. The van der Waals surface area contributed by atoms with Gasteiger partial charge in [0.2, 0.25) is 5.91 Å². The summed E-state index contributed by atoms with van der Waals surface area (Å²) >= 11 is 2.88. The number of nitriles is 1. The number of amides is 1. The summed E-state index contributed by atoms with van der Waals surface area (Å²) in [5, 5.41) is 28.1. The zero-order valence-electron chi connectivity index (χ0n) is 16.8. The number of hydrogen-bond acceptors (Lipinski definition) is 6. The second-order valence-corrected chi connectivity index (χ2v) is 10.4. The number of aromatic nitrogens is 1. The van der Waals surface area contributed by atoms with E-state index in [1.807, 2.05) is 53.4 Å². The van der Waals surface area contributed by atoms with Gasteiger partial charge >= 0.3 is 5.97 Å². The van der Waals surface area contributed by atoms with E-state index in [0.29, 0.717) is 13.0 Å². The van der Waals surface area contributed by atoms with Crippen LogP contribution in [0.15, 0.2) is 53.7 Å². The van der Waals surface area contributed by atoms with Crippen LogP contribution in [0.1, 0.15) is 18.1 Å². The standard InChI is InChI=1S/C22H21N3O4S2/c1-13(26)17-19(27)25-18(21(28)29)22(31-20(17)25)30-16-6-4-15(5-7-16)12-24-10-2-3-14(11-24)8-9-23/h2-7,10-11,13,17-18,20,22,26H,8,12H2,1H3/p+1/t13-,17+,18?,20-,22?/m1/s1. The van der Waals surface area contributed by atoms with E-state index in [0.717, 1.165) is 16.0 Å². The van der Waals surface area contributed by atoms with Crippen molar-refractivity contribution < 1.29 is 24.4 Å². The van der Waals surface area contributed by atoms with Crippen LogP contribution in [-0.4, -0.2) is 49.1 Å². The molecule has 160 valence electrons. The number of hydrogen-bond donors (Lipinski definition) is 2. The highest BCUT2D eigenvalue weighted by Gasteiger charge is 2.62. The fourth-order valence-electron chi connectivity index (χ4n) is 3.96. The molecule has 0 radical (unpaired) electrons. The van der Waals surface area contributed by atoms with E-state index >= 15 is 0 Å². The fraction of sp³-hybridized carbons (Fsp3) is 0.364. The number of aliphatic hydroxyl groups is 1. The molecule has 2 aliphatic rings. The van der Waals surface area contributed by atoms with Crippen molar-refractivity contribution in [1.82, 2.24) is 4.90 Å². The summed E-state index contributed by atoms with van der Waals surface area (Å²) in [7, 11) is 0. The highest BCUT2D eigenvalue weighted by Crippen LogP contribution is 2.53. The number of aliphatic carboxylic acids is 1. The van der Waals surface area contributed by atoms with Gasteiger partial charge in [-0.15, -0.1) is 23.5 Å². The minimum Gasteiger partial charge on any atom is -0.480 e. The highest BCUT2D eigenvalue weighted by atomic mass is 32.2. The lowest BCUT2D eigenvalue weighted by Gasteiger charge is -2.44. The summed E-state index contributed by atoms with van der Waals surface area (Å²) in [5.41, 5.74) is 2.05. The third-order valence-electron chi connectivity index (χ3n) is 5.47. The van der Waals surface area contributed by atoms with Gasteiger partial charge in [-0.25, -0.2) is 9.36 Å². The minimum absolute atomic E-state index is 0.283. The number of aliphatic hydroxyl groups excluding tert-OH is 1. The smallest absolute Gasteiger partial charge is 0.328 e. The van der Waals surface area contributed by atoms with Crippen molar-refractivity contribution >= 4 is 35.4 Å². The molecule has 2 aliphatic heterocycles. The largest absolute Gasteiger partial charge is 0.480 e. The first-order chi connectivity index (χ1) is 14.9.